The highest BCUT2D eigenvalue weighted by atomic mass is 32.2. The van der Waals surface area contributed by atoms with Gasteiger partial charge >= 0.3 is 0 Å². The highest BCUT2D eigenvalue weighted by molar-refractivity contribution is 7.99. The quantitative estimate of drug-likeness (QED) is 0.0168. The summed E-state index contributed by atoms with van der Waals surface area (Å²) in [5.74, 6) is 1.32. The number of hydrogen-bond donors (Lipinski definition) is 12. The Labute approximate surface area is 647 Å². The van der Waals surface area contributed by atoms with Gasteiger partial charge in [-0.25, -0.2) is 57.1 Å². The van der Waals surface area contributed by atoms with Crippen molar-refractivity contribution in [1.82, 2.24) is 74.9 Å². The normalized spacial score (nSPS) is 29.6. The van der Waals surface area contributed by atoms with Gasteiger partial charge in [-0.15, -0.1) is 15.3 Å². The van der Waals surface area contributed by atoms with Gasteiger partial charge < -0.3 is 76.1 Å². The average Bonchev–Trinajstić information content (AvgIpc) is 1.61. The number of aromatic nitrogens is 15. The molecule has 6 saturated carbocycles. The average molecular weight is 1570 g/mol. The van der Waals surface area contributed by atoms with Gasteiger partial charge in [0, 0.05) is 77.8 Å². The Hall–Kier alpha value is -7.14. The van der Waals surface area contributed by atoms with Gasteiger partial charge in [-0.2, -0.15) is 0 Å². The maximum absolute atomic E-state index is 14.1. The van der Waals surface area contributed by atoms with Gasteiger partial charge in [0.15, 0.2) is 66.4 Å². The minimum absolute atomic E-state index is 0.0122. The van der Waals surface area contributed by atoms with Crippen LogP contribution in [0.3, 0.4) is 0 Å². The molecule has 0 aliphatic heterocycles. The van der Waals surface area contributed by atoms with Crippen molar-refractivity contribution < 1.29 is 87.0 Å². The molecule has 0 amide bonds. The zero-order valence-electron chi connectivity index (χ0n) is 69.6. The monoisotopic (exact) mass is 1560 g/mol. The lowest BCUT2D eigenvalue weighted by atomic mass is 10.1. The molecule has 12 N–H and O–H groups in total. The van der Waals surface area contributed by atoms with Crippen LogP contribution >= 0.6 is 35.3 Å². The molecular weight excluding hydrogens is 1460 g/mol. The number of aryl methyl sites for hydroxylation is 3. The molecule has 0 saturated heterocycles. The number of hydrogen-bond acceptors (Lipinski definition) is 30. The molecule has 9 aromatic rings. The third-order valence-electron chi connectivity index (χ3n) is 20.0. The molecule has 6 aromatic heterocycles. The molecule has 6 heterocycles. The van der Waals surface area contributed by atoms with Crippen LogP contribution in [0.25, 0.3) is 33.5 Å². The van der Waals surface area contributed by atoms with Crippen LogP contribution in [0.5, 0.6) is 0 Å². The smallest absolute Gasteiger partial charge is 0.191 e. The third-order valence-corrected chi connectivity index (χ3v) is 22.6. The van der Waals surface area contributed by atoms with Crippen LogP contribution in [-0.2, 0) is 14.2 Å². The fraction of sp³-hybridized carbons (Fsp3) is 0.583. The lowest BCUT2D eigenvalue weighted by Crippen LogP contribution is -2.33. The van der Waals surface area contributed by atoms with E-state index in [1.165, 1.54) is 31.9 Å². The molecule has 3 aromatic carbocycles. The minimum atomic E-state index is -3.33. The Bertz CT molecular complexity index is 5080. The number of aliphatic hydroxyl groups is 9. The number of anilines is 3. The van der Waals surface area contributed by atoms with Crippen molar-refractivity contribution in [3.8, 4) is 0 Å². The van der Waals surface area contributed by atoms with Crippen LogP contribution in [0, 0.1) is 38.2 Å². The van der Waals surface area contributed by atoms with E-state index in [2.05, 4.69) is 76.8 Å². The van der Waals surface area contributed by atoms with E-state index in [1.807, 2.05) is 25.1 Å². The highest BCUT2D eigenvalue weighted by Crippen LogP contribution is 2.48. The summed E-state index contributed by atoms with van der Waals surface area (Å²) >= 11 is 3.14. The summed E-state index contributed by atoms with van der Waals surface area (Å²) in [6.07, 6.45) is -7.52. The first kappa shape index (κ1) is 66.6. The zero-order valence-corrected chi connectivity index (χ0v) is 62.0. The summed E-state index contributed by atoms with van der Waals surface area (Å²) in [6.45, 7) is 0.645. The van der Waals surface area contributed by atoms with Gasteiger partial charge in [-0.05, 0) is 111 Å². The van der Waals surface area contributed by atoms with Gasteiger partial charge in [0.1, 0.15) is 54.1 Å². The number of benzene rings is 3. The second-order valence-corrected chi connectivity index (χ2v) is 30.2. The van der Waals surface area contributed by atoms with Crippen LogP contribution in [0.1, 0.15) is 162 Å². The SMILES string of the molecule is [2H]C([2H])(CC)Sc1nc(N[C@@H]2C[C@H]2c2ccc(C)c(F)c2)c2nnn([C@@H]3C[C@H](OCCO)[C@@H](O)[C@H]3O)c2n1.[2H]C([2H])(O)C([2H])([2H])O[C@H]1C[C@@H](n2nnc3c(N[C@@H]4C[C@H]4c4ccc(C)c(F)c4)nc(SCCC)nc32)[C@H](O)[C@@H]1O.[2H]C([2H])(O)CO[C@H]1C[C@@H](n2nnc3c(N[C@@H]4C[C@H]4c4ccc(C)c(F)c4)nc(SC([2H])([2H])CC)nc32)[C@H](O)[C@@H]1O. The van der Waals surface area contributed by atoms with Crippen molar-refractivity contribution in [1.29, 1.82) is 0 Å². The lowest BCUT2D eigenvalue weighted by Gasteiger charge is -2.17. The van der Waals surface area contributed by atoms with E-state index in [0.29, 0.717) is 50.3 Å². The minimum Gasteiger partial charge on any atom is -0.394 e. The number of ether oxygens (including phenoxy) is 3. The van der Waals surface area contributed by atoms with E-state index < -0.39 is 111 Å². The van der Waals surface area contributed by atoms with E-state index in [1.54, 1.807) is 65.0 Å². The molecule has 0 radical (unpaired) electrons. The fourth-order valence-electron chi connectivity index (χ4n) is 13.8. The summed E-state index contributed by atoms with van der Waals surface area (Å²) in [4.78, 5) is 27.3. The number of nitrogens with one attached hydrogen (secondary N) is 3. The number of thioether (sulfide) groups is 3. The number of halogens is 3. The Kier molecular flexibility index (Phi) is 21.6. The van der Waals surface area contributed by atoms with Crippen molar-refractivity contribution in [2.75, 3.05) is 72.6 Å². The molecule has 6 aliphatic carbocycles. The van der Waals surface area contributed by atoms with E-state index in [0.717, 1.165) is 71.7 Å². The number of rotatable bonds is 30. The molecular formula is C72H93F3N18O12S3. The first-order valence-corrected chi connectivity index (χ1v) is 38.3. The summed E-state index contributed by atoms with van der Waals surface area (Å²) in [6, 6.07) is 13.0. The molecule has 18 atom stereocenters. The fourth-order valence-corrected chi connectivity index (χ4v) is 15.5. The molecule has 582 valence electrons. The Morgan fingerprint density at radius 1 is 0.454 bits per heavy atom. The second kappa shape index (κ2) is 35.1. The highest BCUT2D eigenvalue weighted by Gasteiger charge is 2.49. The van der Waals surface area contributed by atoms with Crippen LogP contribution in [0.15, 0.2) is 70.1 Å². The number of fused-ring (bicyclic) bond motifs is 3. The molecule has 0 spiro atoms. The van der Waals surface area contributed by atoms with Crippen LogP contribution in [-0.4, -0.2) is 251 Å². The molecule has 6 aliphatic rings. The number of nitrogens with zero attached hydrogens (tertiary/aromatic N) is 15. The number of aliphatic hydroxyl groups excluding tert-OH is 7. The second-order valence-electron chi connectivity index (χ2n) is 27.4. The van der Waals surface area contributed by atoms with Gasteiger partial charge in [0.25, 0.3) is 0 Å². The van der Waals surface area contributed by atoms with Gasteiger partial charge in [-0.1, -0.05) is 108 Å². The Morgan fingerprint density at radius 2 is 0.806 bits per heavy atom. The first-order valence-electron chi connectivity index (χ1n) is 40.7. The maximum Gasteiger partial charge on any atom is 0.191 e. The van der Waals surface area contributed by atoms with Crippen molar-refractivity contribution in [2.24, 2.45) is 0 Å². The first-order chi connectivity index (χ1) is 55.7. The van der Waals surface area contributed by atoms with E-state index in [4.69, 9.17) is 33.0 Å². The summed E-state index contributed by atoms with van der Waals surface area (Å²) < 4.78 is 140. The topological polar surface area (TPSA) is 415 Å². The predicted molar refractivity (Wildman–Crippen MR) is 398 cm³/mol. The molecule has 0 unspecified atom stereocenters. The van der Waals surface area contributed by atoms with Crippen LogP contribution in [0.4, 0.5) is 30.6 Å². The summed E-state index contributed by atoms with van der Waals surface area (Å²) in [5, 5.41) is 128. The summed E-state index contributed by atoms with van der Waals surface area (Å²) in [5.41, 5.74) is 2.81. The molecule has 15 rings (SSSR count). The van der Waals surface area contributed by atoms with Gasteiger partial charge in [0.2, 0.25) is 0 Å². The molecule has 36 heteroatoms. The Morgan fingerprint density at radius 3 is 1.13 bits per heavy atom. The maximum atomic E-state index is 14.1. The lowest BCUT2D eigenvalue weighted by molar-refractivity contribution is -0.0629. The third kappa shape index (κ3) is 17.5. The predicted octanol–water partition coefficient (Wildman–Crippen LogP) is 6.55. The van der Waals surface area contributed by atoms with Gasteiger partial charge in [-0.3, -0.25) is 0 Å². The molecule has 0 bridgehead atoms. The van der Waals surface area contributed by atoms with E-state index in [9.17, 15) is 54.0 Å². The molecule has 6 fully saturated rings. The summed E-state index contributed by atoms with van der Waals surface area (Å²) in [7, 11) is 0. The van der Waals surface area contributed by atoms with Gasteiger partial charge in [0.05, 0.1) is 84.2 Å². The van der Waals surface area contributed by atoms with Crippen molar-refractivity contribution in [2.45, 2.75) is 224 Å². The zero-order chi connectivity index (χ0) is 85.2. The van der Waals surface area contributed by atoms with Crippen molar-refractivity contribution in [3.63, 3.8) is 0 Å². The standard InChI is InChI=1S/3C24H31FN6O4S/c3*1-3-8-36-24-27-22(26-16-10-14(16)13-5-4-12(2)15(25)9-13)19-23(28-24)31(30-29-19)17-11-18(35-7-6-32)21(34)20(17)33/h3*4-5,9,14,16-18,20-21,32-34H,3,6-8,10-11H2,1-2H3,(H,26,27,28)/t3*14-,16+,17+,18-,20-,21+/m000/s1/i6D2,8D2;6D2,7D2;8D2. The van der Waals surface area contributed by atoms with Crippen LogP contribution in [0.2, 0.25) is 0 Å². The van der Waals surface area contributed by atoms with E-state index >= 15 is 0 Å². The van der Waals surface area contributed by atoms with Crippen molar-refractivity contribution >= 4 is 86.2 Å². The van der Waals surface area contributed by atoms with E-state index in [-0.39, 0.29) is 131 Å². The van der Waals surface area contributed by atoms with Crippen molar-refractivity contribution in [3.05, 3.63) is 105 Å². The molecule has 30 nitrogen and oxygen atoms in total. The Balaban J connectivity index is 0.000000154. The largest absolute Gasteiger partial charge is 0.394 e. The van der Waals surface area contributed by atoms with Crippen LogP contribution < -0.4 is 16.0 Å². The molecule has 108 heavy (non-hydrogen) atoms.